The van der Waals surface area contributed by atoms with Crippen LogP contribution in [0.3, 0.4) is 0 Å². The number of aromatic nitrogens is 2. The van der Waals surface area contributed by atoms with E-state index in [9.17, 15) is 0 Å². The summed E-state index contributed by atoms with van der Waals surface area (Å²) in [5.74, 6) is 0.685. The molecule has 17 heavy (non-hydrogen) atoms. The second-order valence-corrected chi connectivity index (χ2v) is 5.07. The summed E-state index contributed by atoms with van der Waals surface area (Å²) in [4.78, 5) is 0. The number of rotatable bonds is 7. The van der Waals surface area contributed by atoms with E-state index >= 15 is 0 Å². The quantitative estimate of drug-likeness (QED) is 0.736. The van der Waals surface area contributed by atoms with Gasteiger partial charge in [-0.05, 0) is 25.8 Å². The van der Waals surface area contributed by atoms with Gasteiger partial charge in [-0.25, -0.2) is 0 Å². The molecule has 0 radical (unpaired) electrons. The van der Waals surface area contributed by atoms with E-state index in [0.29, 0.717) is 5.92 Å². The summed E-state index contributed by atoms with van der Waals surface area (Å²) < 4.78 is 1.99. The Labute approximate surface area is 105 Å². The first-order chi connectivity index (χ1) is 8.02. The Kier molecular flexibility index (Phi) is 5.42. The standard InChI is InChI=1S/C14H25N3/c1-6-12(4)9-17-10-14(13(5)16-17)8-15-7-11(2)3/h10-11,15H,4,6-9H2,1-3,5H3. The van der Waals surface area contributed by atoms with Crippen LogP contribution in [0.25, 0.3) is 0 Å². The predicted octanol–water partition coefficient (Wildman–Crippen LogP) is 2.90. The topological polar surface area (TPSA) is 29.9 Å². The van der Waals surface area contributed by atoms with Crippen LogP contribution >= 0.6 is 0 Å². The molecule has 0 aliphatic carbocycles. The predicted molar refractivity (Wildman–Crippen MR) is 72.9 cm³/mol. The number of nitrogens with zero attached hydrogens (tertiary/aromatic N) is 2. The van der Waals surface area contributed by atoms with E-state index in [1.165, 1.54) is 11.1 Å². The van der Waals surface area contributed by atoms with Gasteiger partial charge in [-0.3, -0.25) is 4.68 Å². The van der Waals surface area contributed by atoms with Crippen LogP contribution in [0.4, 0.5) is 0 Å². The van der Waals surface area contributed by atoms with Gasteiger partial charge in [0.25, 0.3) is 0 Å². The summed E-state index contributed by atoms with van der Waals surface area (Å²) in [5.41, 5.74) is 3.62. The van der Waals surface area contributed by atoms with E-state index in [1.807, 2.05) is 4.68 Å². The van der Waals surface area contributed by atoms with Crippen molar-refractivity contribution in [3.05, 3.63) is 29.6 Å². The molecule has 0 saturated heterocycles. The molecule has 0 unspecified atom stereocenters. The van der Waals surface area contributed by atoms with Crippen LogP contribution in [0.1, 0.15) is 38.4 Å². The van der Waals surface area contributed by atoms with Gasteiger partial charge in [0.05, 0.1) is 12.2 Å². The third-order valence-electron chi connectivity index (χ3n) is 2.80. The lowest BCUT2D eigenvalue weighted by molar-refractivity contribution is 0.551. The molecule has 0 saturated carbocycles. The zero-order chi connectivity index (χ0) is 12.8. The van der Waals surface area contributed by atoms with Gasteiger partial charge in [-0.15, -0.1) is 0 Å². The molecule has 96 valence electrons. The Hall–Kier alpha value is -1.09. The summed E-state index contributed by atoms with van der Waals surface area (Å²) in [6, 6.07) is 0. The number of hydrogen-bond acceptors (Lipinski definition) is 2. The minimum Gasteiger partial charge on any atom is -0.312 e. The molecule has 1 rings (SSSR count). The van der Waals surface area contributed by atoms with Crippen molar-refractivity contribution < 1.29 is 0 Å². The third kappa shape index (κ3) is 4.73. The smallest absolute Gasteiger partial charge is 0.0638 e. The van der Waals surface area contributed by atoms with Crippen LogP contribution < -0.4 is 5.32 Å². The molecule has 1 aromatic heterocycles. The lowest BCUT2D eigenvalue weighted by Gasteiger charge is -2.06. The fourth-order valence-corrected chi connectivity index (χ4v) is 1.65. The Morgan fingerprint density at radius 3 is 2.82 bits per heavy atom. The van der Waals surface area contributed by atoms with Gasteiger partial charge in [-0.1, -0.05) is 32.9 Å². The van der Waals surface area contributed by atoms with Gasteiger partial charge in [0.15, 0.2) is 0 Å². The maximum absolute atomic E-state index is 4.51. The zero-order valence-corrected chi connectivity index (χ0v) is 11.6. The van der Waals surface area contributed by atoms with E-state index in [0.717, 1.165) is 31.7 Å². The first kappa shape index (κ1) is 14.0. The van der Waals surface area contributed by atoms with Crippen molar-refractivity contribution in [1.82, 2.24) is 15.1 Å². The van der Waals surface area contributed by atoms with Crippen LogP contribution in [0.15, 0.2) is 18.3 Å². The number of allylic oxidation sites excluding steroid dienone is 1. The SMILES string of the molecule is C=C(CC)Cn1cc(CNCC(C)C)c(C)n1. The molecule has 0 spiro atoms. The lowest BCUT2D eigenvalue weighted by Crippen LogP contribution is -2.19. The average molecular weight is 235 g/mol. The molecule has 1 N–H and O–H groups in total. The van der Waals surface area contributed by atoms with E-state index in [-0.39, 0.29) is 0 Å². The second-order valence-electron chi connectivity index (χ2n) is 5.07. The lowest BCUT2D eigenvalue weighted by atomic mass is 10.2. The highest BCUT2D eigenvalue weighted by molar-refractivity contribution is 5.15. The molecule has 0 amide bonds. The maximum atomic E-state index is 4.51. The monoisotopic (exact) mass is 235 g/mol. The van der Waals surface area contributed by atoms with E-state index < -0.39 is 0 Å². The molecule has 3 nitrogen and oxygen atoms in total. The van der Waals surface area contributed by atoms with Gasteiger partial charge in [0, 0.05) is 18.3 Å². The minimum absolute atomic E-state index is 0.685. The minimum atomic E-state index is 0.685. The summed E-state index contributed by atoms with van der Waals surface area (Å²) >= 11 is 0. The zero-order valence-electron chi connectivity index (χ0n) is 11.6. The highest BCUT2D eigenvalue weighted by atomic mass is 15.3. The summed E-state index contributed by atoms with van der Waals surface area (Å²) in [7, 11) is 0. The van der Waals surface area contributed by atoms with Gasteiger partial charge in [-0.2, -0.15) is 5.10 Å². The first-order valence-electron chi connectivity index (χ1n) is 6.43. The van der Waals surface area contributed by atoms with Gasteiger partial charge < -0.3 is 5.32 Å². The maximum Gasteiger partial charge on any atom is 0.0638 e. The Morgan fingerprint density at radius 2 is 2.24 bits per heavy atom. The van der Waals surface area contributed by atoms with Crippen molar-refractivity contribution >= 4 is 0 Å². The van der Waals surface area contributed by atoms with Gasteiger partial charge >= 0.3 is 0 Å². The molecule has 0 atom stereocenters. The first-order valence-corrected chi connectivity index (χ1v) is 6.43. The Morgan fingerprint density at radius 1 is 1.53 bits per heavy atom. The molecule has 1 heterocycles. The van der Waals surface area contributed by atoms with Crippen LogP contribution in [0.5, 0.6) is 0 Å². The molecule has 0 aliphatic heterocycles. The molecule has 3 heteroatoms. The average Bonchev–Trinajstić information content (AvgIpc) is 2.58. The molecule has 0 fully saturated rings. The normalized spacial score (nSPS) is 11.1. The summed E-state index contributed by atoms with van der Waals surface area (Å²) in [6.45, 7) is 15.4. The number of nitrogens with one attached hydrogen (secondary N) is 1. The summed E-state index contributed by atoms with van der Waals surface area (Å²) in [5, 5.41) is 7.96. The van der Waals surface area contributed by atoms with Crippen molar-refractivity contribution in [3.8, 4) is 0 Å². The molecule has 0 bridgehead atoms. The van der Waals surface area contributed by atoms with Crippen LogP contribution in [-0.4, -0.2) is 16.3 Å². The van der Waals surface area contributed by atoms with E-state index in [1.54, 1.807) is 0 Å². The number of aryl methyl sites for hydroxylation is 1. The largest absolute Gasteiger partial charge is 0.312 e. The highest BCUT2D eigenvalue weighted by Crippen LogP contribution is 2.08. The van der Waals surface area contributed by atoms with E-state index in [2.05, 4.69) is 50.9 Å². The molecule has 0 aliphatic rings. The van der Waals surface area contributed by atoms with E-state index in [4.69, 9.17) is 0 Å². The molecular formula is C14H25N3. The molecule has 1 aromatic rings. The van der Waals surface area contributed by atoms with Gasteiger partial charge in [0.2, 0.25) is 0 Å². The van der Waals surface area contributed by atoms with Crippen molar-refractivity contribution in [2.75, 3.05) is 6.54 Å². The van der Waals surface area contributed by atoms with Crippen molar-refractivity contribution in [2.45, 2.75) is 47.2 Å². The van der Waals surface area contributed by atoms with Crippen LogP contribution in [0, 0.1) is 12.8 Å². The highest BCUT2D eigenvalue weighted by Gasteiger charge is 2.05. The van der Waals surface area contributed by atoms with Crippen molar-refractivity contribution in [1.29, 1.82) is 0 Å². The van der Waals surface area contributed by atoms with Crippen LogP contribution in [-0.2, 0) is 13.1 Å². The Bertz CT molecular complexity index is 364. The third-order valence-corrected chi connectivity index (χ3v) is 2.80. The summed E-state index contributed by atoms with van der Waals surface area (Å²) in [6.07, 6.45) is 3.14. The van der Waals surface area contributed by atoms with Crippen molar-refractivity contribution in [2.24, 2.45) is 5.92 Å². The fourth-order valence-electron chi connectivity index (χ4n) is 1.65. The van der Waals surface area contributed by atoms with Crippen molar-refractivity contribution in [3.63, 3.8) is 0 Å². The van der Waals surface area contributed by atoms with Crippen LogP contribution in [0.2, 0.25) is 0 Å². The fraction of sp³-hybridized carbons (Fsp3) is 0.643. The Balaban J connectivity index is 2.53. The van der Waals surface area contributed by atoms with Gasteiger partial charge in [0.1, 0.15) is 0 Å². The molecular weight excluding hydrogens is 210 g/mol. The molecule has 0 aromatic carbocycles. The second kappa shape index (κ2) is 6.60. The number of hydrogen-bond donors (Lipinski definition) is 1.